The molecule has 0 bridgehead atoms. The van der Waals surface area contributed by atoms with Crippen LogP contribution in [-0.4, -0.2) is 24.7 Å². The molecule has 0 fully saturated rings. The lowest BCUT2D eigenvalue weighted by Gasteiger charge is -2.20. The highest BCUT2D eigenvalue weighted by atomic mass is 16.1. The number of allylic oxidation sites excluding steroid dienone is 4. The van der Waals surface area contributed by atoms with Crippen molar-refractivity contribution in [1.29, 1.82) is 0 Å². The van der Waals surface area contributed by atoms with Gasteiger partial charge in [-0.15, -0.1) is 0 Å². The first kappa shape index (κ1) is 18.2. The quantitative estimate of drug-likeness (QED) is 0.536. The van der Waals surface area contributed by atoms with E-state index in [2.05, 4.69) is 23.4 Å². The standard InChI is InChI=1S/C20H26N2O2/c1-13(2)15-5-7-17(19(23)9-15)11-21-22-12-18-8-6-16(14(3)4)10-20(18)24/h7-8,15-16H,1,3,5-6,9-12H2,2,4H3. The monoisotopic (exact) mass is 326 g/mol. The Morgan fingerprint density at radius 3 is 1.58 bits per heavy atom. The molecule has 0 aromatic heterocycles. The first-order valence-electron chi connectivity index (χ1n) is 8.47. The van der Waals surface area contributed by atoms with Crippen LogP contribution in [-0.2, 0) is 9.59 Å². The summed E-state index contributed by atoms with van der Waals surface area (Å²) in [6, 6.07) is 0. The highest BCUT2D eigenvalue weighted by Gasteiger charge is 2.23. The molecule has 0 spiro atoms. The molecule has 2 rings (SSSR count). The highest BCUT2D eigenvalue weighted by molar-refractivity contribution is 5.97. The second-order valence-corrected chi connectivity index (χ2v) is 6.87. The topological polar surface area (TPSA) is 58.9 Å². The molecule has 0 N–H and O–H groups in total. The number of carbonyl (C=O) groups excluding carboxylic acids is 2. The van der Waals surface area contributed by atoms with E-state index in [1.54, 1.807) is 0 Å². The Hall–Kier alpha value is -2.10. The molecule has 2 unspecified atom stereocenters. The van der Waals surface area contributed by atoms with Gasteiger partial charge in [0, 0.05) is 24.0 Å². The van der Waals surface area contributed by atoms with E-state index in [1.807, 2.05) is 26.0 Å². The first-order chi connectivity index (χ1) is 11.4. The lowest BCUT2D eigenvalue weighted by molar-refractivity contribution is -0.117. The van der Waals surface area contributed by atoms with Crippen molar-refractivity contribution in [2.45, 2.75) is 39.5 Å². The maximum Gasteiger partial charge on any atom is 0.161 e. The van der Waals surface area contributed by atoms with Crippen LogP contribution in [0.3, 0.4) is 0 Å². The molecule has 2 atom stereocenters. The van der Waals surface area contributed by atoms with Gasteiger partial charge in [-0.2, -0.15) is 10.2 Å². The molecular formula is C20H26N2O2. The molecule has 0 heterocycles. The van der Waals surface area contributed by atoms with Gasteiger partial charge < -0.3 is 0 Å². The Labute approximate surface area is 144 Å². The molecular weight excluding hydrogens is 300 g/mol. The van der Waals surface area contributed by atoms with Crippen LogP contribution < -0.4 is 0 Å². The van der Waals surface area contributed by atoms with Gasteiger partial charge in [0.1, 0.15) is 0 Å². The smallest absolute Gasteiger partial charge is 0.161 e. The van der Waals surface area contributed by atoms with Crippen LogP contribution in [0.4, 0.5) is 0 Å². The Kier molecular flexibility index (Phi) is 6.18. The molecule has 128 valence electrons. The summed E-state index contributed by atoms with van der Waals surface area (Å²) in [5.41, 5.74) is 3.55. The molecule has 4 nitrogen and oxygen atoms in total. The van der Waals surface area contributed by atoms with Gasteiger partial charge in [-0.1, -0.05) is 36.5 Å². The summed E-state index contributed by atoms with van der Waals surface area (Å²) >= 11 is 0. The second-order valence-electron chi connectivity index (χ2n) is 6.87. The minimum absolute atomic E-state index is 0.130. The van der Waals surface area contributed by atoms with E-state index in [1.165, 1.54) is 0 Å². The van der Waals surface area contributed by atoms with Crippen molar-refractivity contribution in [2.75, 3.05) is 13.1 Å². The second kappa shape index (κ2) is 8.13. The Bertz CT molecular complexity index is 597. The predicted molar refractivity (Wildman–Crippen MR) is 95.8 cm³/mol. The van der Waals surface area contributed by atoms with Gasteiger partial charge in [-0.3, -0.25) is 9.59 Å². The molecule has 24 heavy (non-hydrogen) atoms. The number of rotatable bonds is 6. The third kappa shape index (κ3) is 4.70. The van der Waals surface area contributed by atoms with Crippen LogP contribution in [0.2, 0.25) is 0 Å². The largest absolute Gasteiger partial charge is 0.294 e. The molecule has 4 heteroatoms. The maximum absolute atomic E-state index is 12.1. The minimum atomic E-state index is 0.130. The Morgan fingerprint density at radius 1 is 0.917 bits per heavy atom. The van der Waals surface area contributed by atoms with Crippen molar-refractivity contribution in [3.05, 3.63) is 47.6 Å². The molecule has 0 aliphatic heterocycles. The summed E-state index contributed by atoms with van der Waals surface area (Å²) in [7, 11) is 0. The average Bonchev–Trinajstić information content (AvgIpc) is 2.53. The normalized spacial score (nSPS) is 24.8. The predicted octanol–water partition coefficient (Wildman–Crippen LogP) is 4.40. The van der Waals surface area contributed by atoms with Gasteiger partial charge in [-0.25, -0.2) is 0 Å². The van der Waals surface area contributed by atoms with E-state index in [-0.39, 0.29) is 23.4 Å². The molecule has 2 aliphatic rings. The third-order valence-electron chi connectivity index (χ3n) is 4.85. The third-order valence-corrected chi connectivity index (χ3v) is 4.85. The van der Waals surface area contributed by atoms with Crippen LogP contribution in [0.1, 0.15) is 39.5 Å². The molecule has 0 aromatic rings. The number of nitrogens with zero attached hydrogens (tertiary/aromatic N) is 2. The van der Waals surface area contributed by atoms with E-state index >= 15 is 0 Å². The number of hydrogen-bond acceptors (Lipinski definition) is 4. The lowest BCUT2D eigenvalue weighted by atomic mass is 9.84. The zero-order valence-electron chi connectivity index (χ0n) is 14.7. The van der Waals surface area contributed by atoms with E-state index in [0.29, 0.717) is 25.9 Å². The zero-order chi connectivity index (χ0) is 17.7. The summed E-state index contributed by atoms with van der Waals surface area (Å²) in [6.45, 7) is 12.4. The SMILES string of the molecule is C=C(C)C1CC=C(CN=NCC2=CCC(C(=C)C)CC2=O)C(=O)C1. The highest BCUT2D eigenvalue weighted by Crippen LogP contribution is 2.27. The van der Waals surface area contributed by atoms with E-state index in [9.17, 15) is 9.59 Å². The van der Waals surface area contributed by atoms with Crippen LogP contribution in [0.15, 0.2) is 57.8 Å². The number of azo groups is 1. The van der Waals surface area contributed by atoms with Crippen molar-refractivity contribution in [1.82, 2.24) is 0 Å². The molecule has 0 saturated heterocycles. The van der Waals surface area contributed by atoms with Crippen LogP contribution in [0.25, 0.3) is 0 Å². The van der Waals surface area contributed by atoms with Crippen molar-refractivity contribution >= 4 is 11.6 Å². The maximum atomic E-state index is 12.1. The number of carbonyl (C=O) groups is 2. The number of hydrogen-bond donors (Lipinski definition) is 0. The fraction of sp³-hybridized carbons (Fsp3) is 0.500. The van der Waals surface area contributed by atoms with Crippen molar-refractivity contribution in [2.24, 2.45) is 22.1 Å². The van der Waals surface area contributed by atoms with Gasteiger partial charge in [0.25, 0.3) is 0 Å². The molecule has 0 amide bonds. The van der Waals surface area contributed by atoms with Crippen LogP contribution >= 0.6 is 0 Å². The molecule has 2 aliphatic carbocycles. The molecule has 0 radical (unpaired) electrons. The lowest BCUT2D eigenvalue weighted by Crippen LogP contribution is -2.18. The van der Waals surface area contributed by atoms with Crippen molar-refractivity contribution in [3.63, 3.8) is 0 Å². The van der Waals surface area contributed by atoms with Gasteiger partial charge in [0.15, 0.2) is 11.6 Å². The molecule has 0 aromatic carbocycles. The van der Waals surface area contributed by atoms with Gasteiger partial charge in [0.2, 0.25) is 0 Å². The van der Waals surface area contributed by atoms with Gasteiger partial charge in [-0.05, 0) is 38.5 Å². The van der Waals surface area contributed by atoms with Crippen molar-refractivity contribution in [3.8, 4) is 0 Å². The van der Waals surface area contributed by atoms with E-state index < -0.39 is 0 Å². The average molecular weight is 326 g/mol. The zero-order valence-corrected chi connectivity index (χ0v) is 14.7. The summed E-state index contributed by atoms with van der Waals surface area (Å²) in [4.78, 5) is 24.1. The van der Waals surface area contributed by atoms with Gasteiger partial charge in [0.05, 0.1) is 13.1 Å². The Morgan fingerprint density at radius 2 is 1.29 bits per heavy atom. The summed E-state index contributed by atoms with van der Waals surface area (Å²) in [6.07, 6.45) is 6.63. The number of ketones is 2. The first-order valence-corrected chi connectivity index (χ1v) is 8.47. The minimum Gasteiger partial charge on any atom is -0.294 e. The van der Waals surface area contributed by atoms with Crippen LogP contribution in [0, 0.1) is 11.8 Å². The summed E-state index contributed by atoms with van der Waals surface area (Å²) < 4.78 is 0. The van der Waals surface area contributed by atoms with E-state index in [0.717, 1.165) is 35.1 Å². The summed E-state index contributed by atoms with van der Waals surface area (Å²) in [5, 5.41) is 8.20. The molecule has 0 saturated carbocycles. The fourth-order valence-corrected chi connectivity index (χ4v) is 2.98. The van der Waals surface area contributed by atoms with E-state index in [4.69, 9.17) is 0 Å². The number of Topliss-reactive ketones (excluding diaryl/α,β-unsaturated/α-hetero) is 2. The van der Waals surface area contributed by atoms with Crippen LogP contribution in [0.5, 0.6) is 0 Å². The van der Waals surface area contributed by atoms with Gasteiger partial charge >= 0.3 is 0 Å². The summed E-state index contributed by atoms with van der Waals surface area (Å²) in [5.74, 6) is 0.768. The fourth-order valence-electron chi connectivity index (χ4n) is 2.98. The van der Waals surface area contributed by atoms with Crippen molar-refractivity contribution < 1.29 is 9.59 Å². The Balaban J connectivity index is 1.85.